The summed E-state index contributed by atoms with van der Waals surface area (Å²) in [5.74, 6) is 3.33. The number of allylic oxidation sites excluding steroid dienone is 4. The van der Waals surface area contributed by atoms with Crippen molar-refractivity contribution in [2.24, 2.45) is 17.8 Å². The van der Waals surface area contributed by atoms with Crippen molar-refractivity contribution in [2.75, 3.05) is 0 Å². The smallest absolute Gasteiger partial charge is 0.198 e. The Balaban J connectivity index is 1.31. The van der Waals surface area contributed by atoms with Crippen molar-refractivity contribution in [1.82, 2.24) is 0 Å². The van der Waals surface area contributed by atoms with Crippen LogP contribution in [-0.4, -0.2) is 11.9 Å². The largest absolute Gasteiger partial charge is 0.495 e. The maximum atomic E-state index is 13.1. The monoisotopic (exact) mass is 470 g/mol. The van der Waals surface area contributed by atoms with Crippen molar-refractivity contribution < 1.29 is 14.3 Å². The molecule has 1 saturated carbocycles. The number of carbonyl (C=O) groups is 1. The van der Waals surface area contributed by atoms with Crippen LogP contribution in [0.2, 0.25) is 0 Å². The molecule has 0 aliphatic heterocycles. The molecule has 35 heavy (non-hydrogen) atoms. The zero-order valence-electron chi connectivity index (χ0n) is 21.0. The molecule has 2 aromatic carbocycles. The Labute approximate surface area is 210 Å². The summed E-state index contributed by atoms with van der Waals surface area (Å²) in [4.78, 5) is 13.1. The van der Waals surface area contributed by atoms with Gasteiger partial charge in [-0.2, -0.15) is 0 Å². The Hall–Kier alpha value is -2.81. The van der Waals surface area contributed by atoms with Crippen LogP contribution in [0.3, 0.4) is 0 Å². The molecule has 3 aliphatic rings. The first-order valence-corrected chi connectivity index (χ1v) is 13.5. The van der Waals surface area contributed by atoms with E-state index in [1.165, 1.54) is 36.8 Å². The van der Waals surface area contributed by atoms with Gasteiger partial charge in [-0.15, -0.1) is 0 Å². The first-order valence-electron chi connectivity index (χ1n) is 13.5. The fourth-order valence-corrected chi connectivity index (χ4v) is 6.30. The van der Waals surface area contributed by atoms with Gasteiger partial charge in [0.25, 0.3) is 0 Å². The zero-order chi connectivity index (χ0) is 24.0. The van der Waals surface area contributed by atoms with E-state index in [2.05, 4.69) is 37.3 Å². The van der Waals surface area contributed by atoms with E-state index < -0.39 is 0 Å². The molecule has 3 heteroatoms. The predicted octanol–water partition coefficient (Wildman–Crippen LogP) is 7.57. The molecule has 2 aromatic rings. The van der Waals surface area contributed by atoms with Crippen LogP contribution in [-0.2, 0) is 27.3 Å². The lowest BCUT2D eigenvalue weighted by Crippen LogP contribution is -2.37. The van der Waals surface area contributed by atoms with Gasteiger partial charge >= 0.3 is 0 Å². The number of fused-ring (bicyclic) bond motifs is 3. The van der Waals surface area contributed by atoms with Gasteiger partial charge in [0, 0.05) is 12.8 Å². The van der Waals surface area contributed by atoms with Crippen molar-refractivity contribution in [3.05, 3.63) is 95.0 Å². The lowest BCUT2D eigenvalue weighted by molar-refractivity contribution is -0.121. The lowest BCUT2D eigenvalue weighted by Gasteiger charge is -2.44. The van der Waals surface area contributed by atoms with Crippen LogP contribution >= 0.6 is 0 Å². The molecular weight excluding hydrogens is 432 g/mol. The molecule has 3 nitrogen and oxygen atoms in total. The number of benzene rings is 2. The maximum Gasteiger partial charge on any atom is 0.198 e. The average Bonchev–Trinajstić information content (AvgIpc) is 2.89. The number of Topliss-reactive ketones (excluding diaryl/α,β-unsaturated/α-hetero) is 1. The molecular formula is C32H38O3. The van der Waals surface area contributed by atoms with Crippen LogP contribution in [0.15, 0.2) is 83.8 Å². The van der Waals surface area contributed by atoms with E-state index in [4.69, 9.17) is 9.47 Å². The first kappa shape index (κ1) is 23.9. The number of carbonyl (C=O) groups excluding carboxylic acids is 1. The molecule has 5 rings (SSSR count). The summed E-state index contributed by atoms with van der Waals surface area (Å²) in [6, 6.07) is 20.8. The van der Waals surface area contributed by atoms with Crippen LogP contribution in [0.25, 0.3) is 0 Å². The lowest BCUT2D eigenvalue weighted by atomic mass is 9.62. The van der Waals surface area contributed by atoms with E-state index >= 15 is 0 Å². The van der Waals surface area contributed by atoms with Crippen molar-refractivity contribution in [2.45, 2.75) is 77.4 Å². The number of aryl methyl sites for hydroxylation is 1. The van der Waals surface area contributed by atoms with Gasteiger partial charge in [0.05, 0.1) is 6.10 Å². The molecule has 3 aliphatic carbocycles. The Bertz CT molecular complexity index is 1050. The summed E-state index contributed by atoms with van der Waals surface area (Å²) in [5, 5.41) is 0. The van der Waals surface area contributed by atoms with E-state index in [-0.39, 0.29) is 17.8 Å². The van der Waals surface area contributed by atoms with Gasteiger partial charge in [0.15, 0.2) is 11.5 Å². The number of hydrogen-bond acceptors (Lipinski definition) is 3. The number of hydrogen-bond donors (Lipinski definition) is 0. The average molecular weight is 471 g/mol. The first-order chi connectivity index (χ1) is 17.2. The molecule has 0 aromatic heterocycles. The second kappa shape index (κ2) is 11.3. The summed E-state index contributed by atoms with van der Waals surface area (Å²) >= 11 is 0. The van der Waals surface area contributed by atoms with Crippen LogP contribution in [0.1, 0.15) is 69.4 Å². The van der Waals surface area contributed by atoms with Gasteiger partial charge < -0.3 is 9.47 Å². The van der Waals surface area contributed by atoms with Gasteiger partial charge in [-0.05, 0) is 79.6 Å². The van der Waals surface area contributed by atoms with Gasteiger partial charge in [0.2, 0.25) is 0 Å². The molecule has 1 fully saturated rings. The van der Waals surface area contributed by atoms with Crippen molar-refractivity contribution >= 4 is 5.78 Å². The van der Waals surface area contributed by atoms with E-state index in [1.54, 1.807) is 0 Å². The van der Waals surface area contributed by atoms with Crippen molar-refractivity contribution in [3.8, 4) is 0 Å². The number of rotatable bonds is 9. The molecule has 2 unspecified atom stereocenters. The Morgan fingerprint density at radius 2 is 1.63 bits per heavy atom. The summed E-state index contributed by atoms with van der Waals surface area (Å²) in [6.45, 7) is 2.62. The third-order valence-electron chi connectivity index (χ3n) is 8.12. The fraction of sp³-hybridized carbons (Fsp3) is 0.469. The second-order valence-corrected chi connectivity index (χ2v) is 10.6. The van der Waals surface area contributed by atoms with Crippen LogP contribution in [0.4, 0.5) is 0 Å². The van der Waals surface area contributed by atoms with Gasteiger partial charge in [0.1, 0.15) is 12.4 Å². The standard InChI is InChI=1S/C32H38O3/c1-23(11-10-16-24-12-4-2-5-13-24)35-31-19-26-17-8-9-18-27(26)28-20-30(33)32(21-29(28)31)34-22-25-14-6-3-7-15-25/h2-7,12-15,21,23,26-28H,8-11,16-20,22H2,1H3/t23?,26-,27+,28?/m0/s1. The van der Waals surface area contributed by atoms with Crippen LogP contribution in [0.5, 0.6) is 0 Å². The SMILES string of the molecule is CC(CCCc1ccccc1)OC1=C2C=C(OCc3ccccc3)C(=O)CC2[C@@H]2CCCC[C@H]2C1. The molecule has 0 amide bonds. The predicted molar refractivity (Wildman–Crippen MR) is 139 cm³/mol. The normalized spacial score (nSPS) is 24.8. The molecule has 0 radical (unpaired) electrons. The Kier molecular flexibility index (Phi) is 7.71. The van der Waals surface area contributed by atoms with Gasteiger partial charge in [-0.25, -0.2) is 0 Å². The topological polar surface area (TPSA) is 35.5 Å². The molecule has 4 atom stereocenters. The summed E-state index contributed by atoms with van der Waals surface area (Å²) in [7, 11) is 0. The maximum absolute atomic E-state index is 13.1. The highest BCUT2D eigenvalue weighted by Crippen LogP contribution is 2.50. The fourth-order valence-electron chi connectivity index (χ4n) is 6.30. The van der Waals surface area contributed by atoms with E-state index in [9.17, 15) is 4.79 Å². The zero-order valence-corrected chi connectivity index (χ0v) is 21.0. The third-order valence-corrected chi connectivity index (χ3v) is 8.12. The number of ether oxygens (including phenoxy) is 2. The highest BCUT2D eigenvalue weighted by molar-refractivity contribution is 5.95. The quantitative estimate of drug-likeness (QED) is 0.379. The highest BCUT2D eigenvalue weighted by atomic mass is 16.5. The van der Waals surface area contributed by atoms with Crippen molar-refractivity contribution in [3.63, 3.8) is 0 Å². The summed E-state index contributed by atoms with van der Waals surface area (Å²) < 4.78 is 12.7. The minimum absolute atomic E-state index is 0.149. The van der Waals surface area contributed by atoms with Crippen LogP contribution < -0.4 is 0 Å². The van der Waals surface area contributed by atoms with Crippen molar-refractivity contribution in [1.29, 1.82) is 0 Å². The molecule has 0 bridgehead atoms. The van der Waals surface area contributed by atoms with Gasteiger partial charge in [-0.1, -0.05) is 73.5 Å². The highest BCUT2D eigenvalue weighted by Gasteiger charge is 2.43. The minimum Gasteiger partial charge on any atom is -0.495 e. The molecule has 0 spiro atoms. The Morgan fingerprint density at radius 3 is 2.40 bits per heavy atom. The molecule has 0 saturated heterocycles. The second-order valence-electron chi connectivity index (χ2n) is 10.6. The summed E-state index contributed by atoms with van der Waals surface area (Å²) in [6.07, 6.45) is 12.1. The number of ketones is 1. The molecule has 0 heterocycles. The van der Waals surface area contributed by atoms with E-state index in [0.717, 1.165) is 37.0 Å². The summed E-state index contributed by atoms with van der Waals surface area (Å²) in [5.41, 5.74) is 3.71. The minimum atomic E-state index is 0.149. The van der Waals surface area contributed by atoms with Gasteiger partial charge in [-0.3, -0.25) is 4.79 Å². The molecule has 0 N–H and O–H groups in total. The van der Waals surface area contributed by atoms with Crippen LogP contribution in [0, 0.1) is 17.8 Å². The Morgan fingerprint density at radius 1 is 0.914 bits per heavy atom. The third kappa shape index (κ3) is 5.89. The molecule has 184 valence electrons. The van der Waals surface area contributed by atoms with E-state index in [0.29, 0.717) is 30.6 Å². The van der Waals surface area contributed by atoms with E-state index in [1.807, 2.05) is 36.4 Å².